The Labute approximate surface area is 160 Å². The Morgan fingerprint density at radius 1 is 1.27 bits per heavy atom. The fourth-order valence-electron chi connectivity index (χ4n) is 4.18. The van der Waals surface area contributed by atoms with Gasteiger partial charge in [-0.3, -0.25) is 9.59 Å². The number of benzene rings is 1. The number of rotatable bonds is 6. The monoisotopic (exact) mass is 376 g/mol. The van der Waals surface area contributed by atoms with Crippen molar-refractivity contribution in [3.05, 3.63) is 29.8 Å². The maximum atomic E-state index is 13.1. The molecule has 2 aliphatic heterocycles. The third-order valence-electron chi connectivity index (χ3n) is 5.58. The van der Waals surface area contributed by atoms with Gasteiger partial charge in [0.05, 0.1) is 11.0 Å². The zero-order valence-corrected chi connectivity index (χ0v) is 16.5. The Morgan fingerprint density at radius 3 is 2.85 bits per heavy atom. The van der Waals surface area contributed by atoms with E-state index in [1.807, 2.05) is 40.3 Å². The highest BCUT2D eigenvalue weighted by Gasteiger charge is 2.49. The quantitative estimate of drug-likeness (QED) is 0.566. The summed E-state index contributed by atoms with van der Waals surface area (Å²) in [6.07, 6.45) is 5.53. The Morgan fingerprint density at radius 2 is 2.08 bits per heavy atom. The third kappa shape index (κ3) is 3.76. The molecule has 5 nitrogen and oxygen atoms in total. The first-order chi connectivity index (χ1) is 12.6. The van der Waals surface area contributed by atoms with E-state index in [9.17, 15) is 9.59 Å². The molecule has 6 heteroatoms. The minimum atomic E-state index is -0.380. The number of likely N-dealkylation sites (tertiary alicyclic amines) is 2. The van der Waals surface area contributed by atoms with Crippen LogP contribution in [-0.4, -0.2) is 67.8 Å². The first-order valence-corrected chi connectivity index (χ1v) is 10.5. The lowest BCUT2D eigenvalue weighted by atomic mass is 9.78. The van der Waals surface area contributed by atoms with E-state index >= 15 is 0 Å². The Hall–Kier alpha value is -1.53. The van der Waals surface area contributed by atoms with E-state index in [4.69, 9.17) is 4.74 Å². The lowest BCUT2D eigenvalue weighted by Crippen LogP contribution is -2.50. The number of hydrogen-bond donors (Lipinski definition) is 0. The van der Waals surface area contributed by atoms with Crippen LogP contribution in [0.2, 0.25) is 0 Å². The smallest absolute Gasteiger partial charge is 0.255 e. The SMILES string of the molecule is COCCCN1CCC[C@]2(CCN(C(=O)c3ccccc3SC)C2)C1=O. The molecule has 26 heavy (non-hydrogen) atoms. The van der Waals surface area contributed by atoms with Gasteiger partial charge in [0.25, 0.3) is 5.91 Å². The van der Waals surface area contributed by atoms with Crippen molar-refractivity contribution in [2.45, 2.75) is 30.6 Å². The standard InChI is InChI=1S/C20H28N2O3S/c1-25-14-6-12-21-11-5-9-20(19(21)24)10-13-22(15-20)18(23)16-7-3-4-8-17(16)26-2/h3-4,7-8H,5-6,9-15H2,1-2H3/t20-/m1/s1. The topological polar surface area (TPSA) is 49.9 Å². The van der Waals surface area contributed by atoms with Crippen LogP contribution in [0.15, 0.2) is 29.2 Å². The van der Waals surface area contributed by atoms with E-state index in [1.165, 1.54) is 0 Å². The van der Waals surface area contributed by atoms with Crippen molar-refractivity contribution in [2.24, 2.45) is 5.41 Å². The van der Waals surface area contributed by atoms with Crippen LogP contribution in [0.3, 0.4) is 0 Å². The molecule has 0 radical (unpaired) electrons. The van der Waals surface area contributed by atoms with Crippen LogP contribution in [0.5, 0.6) is 0 Å². The van der Waals surface area contributed by atoms with Crippen molar-refractivity contribution in [3.63, 3.8) is 0 Å². The highest BCUT2D eigenvalue weighted by Crippen LogP contribution is 2.40. The fourth-order valence-corrected chi connectivity index (χ4v) is 4.77. The average molecular weight is 377 g/mol. The number of ether oxygens (including phenoxy) is 1. The van der Waals surface area contributed by atoms with Crippen LogP contribution in [0, 0.1) is 5.41 Å². The van der Waals surface area contributed by atoms with E-state index in [-0.39, 0.29) is 17.2 Å². The van der Waals surface area contributed by atoms with Gasteiger partial charge >= 0.3 is 0 Å². The maximum absolute atomic E-state index is 13.1. The normalized spacial score (nSPS) is 23.1. The molecule has 3 rings (SSSR count). The number of amides is 2. The molecule has 2 saturated heterocycles. The van der Waals surface area contributed by atoms with E-state index in [2.05, 4.69) is 0 Å². The van der Waals surface area contributed by atoms with Gasteiger partial charge in [-0.1, -0.05) is 12.1 Å². The number of carbonyl (C=O) groups is 2. The van der Waals surface area contributed by atoms with E-state index in [0.717, 1.165) is 49.2 Å². The lowest BCUT2D eigenvalue weighted by molar-refractivity contribution is -0.145. The molecule has 2 amide bonds. The predicted molar refractivity (Wildman–Crippen MR) is 103 cm³/mol. The second-order valence-corrected chi connectivity index (χ2v) is 8.05. The summed E-state index contributed by atoms with van der Waals surface area (Å²) in [5.41, 5.74) is 0.368. The van der Waals surface area contributed by atoms with Gasteiger partial charge in [-0.15, -0.1) is 11.8 Å². The van der Waals surface area contributed by atoms with Crippen LogP contribution < -0.4 is 0 Å². The Bertz CT molecular complexity index is 666. The van der Waals surface area contributed by atoms with E-state index < -0.39 is 0 Å². The van der Waals surface area contributed by atoms with E-state index in [0.29, 0.717) is 19.7 Å². The molecule has 0 saturated carbocycles. The summed E-state index contributed by atoms with van der Waals surface area (Å²) in [6, 6.07) is 7.73. The van der Waals surface area contributed by atoms with Gasteiger partial charge in [0, 0.05) is 44.8 Å². The zero-order chi connectivity index (χ0) is 18.6. The minimum Gasteiger partial charge on any atom is -0.385 e. The van der Waals surface area contributed by atoms with Crippen LogP contribution in [0.4, 0.5) is 0 Å². The molecule has 0 N–H and O–H groups in total. The molecule has 2 fully saturated rings. The largest absolute Gasteiger partial charge is 0.385 e. The van der Waals surface area contributed by atoms with Gasteiger partial charge < -0.3 is 14.5 Å². The lowest BCUT2D eigenvalue weighted by Gasteiger charge is -2.39. The summed E-state index contributed by atoms with van der Waals surface area (Å²) in [6.45, 7) is 3.46. The minimum absolute atomic E-state index is 0.0520. The second kappa shape index (κ2) is 8.44. The van der Waals surface area contributed by atoms with Gasteiger partial charge in [-0.2, -0.15) is 0 Å². The molecular formula is C20H28N2O3S. The second-order valence-electron chi connectivity index (χ2n) is 7.20. The summed E-state index contributed by atoms with van der Waals surface area (Å²) in [7, 11) is 1.69. The van der Waals surface area contributed by atoms with Gasteiger partial charge in [0.15, 0.2) is 0 Å². The molecule has 2 heterocycles. The molecule has 2 aliphatic rings. The van der Waals surface area contributed by atoms with Crippen molar-refractivity contribution >= 4 is 23.6 Å². The summed E-state index contributed by atoms with van der Waals surface area (Å²) in [4.78, 5) is 31.0. The van der Waals surface area contributed by atoms with E-state index in [1.54, 1.807) is 18.9 Å². The van der Waals surface area contributed by atoms with Gasteiger partial charge in [0.1, 0.15) is 0 Å². The summed E-state index contributed by atoms with van der Waals surface area (Å²) in [5.74, 6) is 0.282. The van der Waals surface area contributed by atoms with Crippen LogP contribution >= 0.6 is 11.8 Å². The first-order valence-electron chi connectivity index (χ1n) is 9.32. The highest BCUT2D eigenvalue weighted by molar-refractivity contribution is 7.98. The molecule has 1 atom stereocenters. The van der Waals surface area contributed by atoms with Crippen molar-refractivity contribution < 1.29 is 14.3 Å². The third-order valence-corrected chi connectivity index (χ3v) is 6.37. The molecule has 0 aliphatic carbocycles. The molecule has 1 aromatic rings. The van der Waals surface area contributed by atoms with Gasteiger partial charge in [-0.25, -0.2) is 0 Å². The van der Waals surface area contributed by atoms with Crippen molar-refractivity contribution in [3.8, 4) is 0 Å². The molecule has 1 spiro atoms. The highest BCUT2D eigenvalue weighted by atomic mass is 32.2. The number of carbonyl (C=O) groups excluding carboxylic acids is 2. The van der Waals surface area contributed by atoms with Crippen molar-refractivity contribution in [1.29, 1.82) is 0 Å². The summed E-state index contributed by atoms with van der Waals surface area (Å²) in [5, 5.41) is 0. The predicted octanol–water partition coefficient (Wildman–Crippen LogP) is 2.90. The Kier molecular flexibility index (Phi) is 6.24. The first kappa shape index (κ1) is 19.2. The van der Waals surface area contributed by atoms with Crippen LogP contribution in [0.25, 0.3) is 0 Å². The zero-order valence-electron chi connectivity index (χ0n) is 15.7. The molecule has 0 aromatic heterocycles. The summed E-state index contributed by atoms with van der Waals surface area (Å²) >= 11 is 1.59. The fraction of sp³-hybridized carbons (Fsp3) is 0.600. The number of thioether (sulfide) groups is 1. The molecule has 0 unspecified atom stereocenters. The van der Waals surface area contributed by atoms with Gasteiger partial charge in [-0.05, 0) is 44.1 Å². The van der Waals surface area contributed by atoms with Crippen LogP contribution in [0.1, 0.15) is 36.0 Å². The number of hydrogen-bond acceptors (Lipinski definition) is 4. The number of nitrogens with zero attached hydrogens (tertiary/aromatic N) is 2. The van der Waals surface area contributed by atoms with Gasteiger partial charge in [0.2, 0.25) is 5.91 Å². The molecule has 0 bridgehead atoms. The van der Waals surface area contributed by atoms with Crippen molar-refractivity contribution in [1.82, 2.24) is 9.80 Å². The van der Waals surface area contributed by atoms with Crippen molar-refractivity contribution in [2.75, 3.05) is 46.2 Å². The number of piperidine rings is 1. The molecule has 142 valence electrons. The summed E-state index contributed by atoms with van der Waals surface area (Å²) < 4.78 is 5.11. The average Bonchev–Trinajstić information content (AvgIpc) is 3.10. The Balaban J connectivity index is 1.70. The maximum Gasteiger partial charge on any atom is 0.255 e. The number of methoxy groups -OCH3 is 1. The molecule has 1 aromatic carbocycles. The molecular weight excluding hydrogens is 348 g/mol. The van der Waals surface area contributed by atoms with Crippen LogP contribution in [-0.2, 0) is 9.53 Å².